The van der Waals surface area contributed by atoms with Crippen LogP contribution in [0.15, 0.2) is 30.3 Å². The number of halogens is 1. The van der Waals surface area contributed by atoms with E-state index in [1.165, 1.54) is 0 Å². The number of likely N-dealkylation sites (N-methyl/N-ethyl adjacent to an activating group) is 1. The second kappa shape index (κ2) is 5.79. The molecule has 3 heterocycles. The van der Waals surface area contributed by atoms with Crippen molar-refractivity contribution in [3.05, 3.63) is 30.3 Å². The van der Waals surface area contributed by atoms with E-state index in [1.54, 1.807) is 0 Å². The number of hydrogen-bond acceptors (Lipinski definition) is 2. The first-order chi connectivity index (χ1) is 8.69. The number of ether oxygens (including phenoxy) is 1. The molecule has 19 heavy (non-hydrogen) atoms. The van der Waals surface area contributed by atoms with Crippen molar-refractivity contribution in [2.24, 2.45) is 5.92 Å². The minimum atomic E-state index is 0. The summed E-state index contributed by atoms with van der Waals surface area (Å²) in [4.78, 5) is 12.3. The van der Waals surface area contributed by atoms with Gasteiger partial charge >= 0.3 is 0 Å². The highest BCUT2D eigenvalue weighted by molar-refractivity contribution is 5.86. The minimum Gasteiger partial charge on any atom is -1.00 e. The summed E-state index contributed by atoms with van der Waals surface area (Å²) < 4.78 is 6.67. The number of ketones is 1. The van der Waals surface area contributed by atoms with Crippen molar-refractivity contribution in [3.8, 4) is 5.75 Å². The summed E-state index contributed by atoms with van der Waals surface area (Å²) in [7, 11) is 2.20. The predicted molar refractivity (Wildman–Crippen MR) is 69.4 cm³/mol. The zero-order chi connectivity index (χ0) is 12.6. The van der Waals surface area contributed by atoms with Crippen LogP contribution in [-0.2, 0) is 4.79 Å². The quantitative estimate of drug-likeness (QED) is 0.496. The van der Waals surface area contributed by atoms with Crippen molar-refractivity contribution < 1.29 is 38.0 Å². The van der Waals surface area contributed by atoms with Gasteiger partial charge in [0, 0.05) is 18.8 Å². The number of piperidine rings is 3. The van der Waals surface area contributed by atoms with E-state index in [2.05, 4.69) is 7.05 Å². The molecule has 4 rings (SSSR count). The Morgan fingerprint density at radius 2 is 1.84 bits per heavy atom. The Balaban J connectivity index is 0.00000133. The molecular formula is C15H20INO2. The van der Waals surface area contributed by atoms with E-state index in [0.717, 1.165) is 36.2 Å². The van der Waals surface area contributed by atoms with Crippen molar-refractivity contribution in [2.75, 3.05) is 26.7 Å². The molecule has 3 aliphatic rings. The van der Waals surface area contributed by atoms with Gasteiger partial charge in [-0.1, -0.05) is 18.2 Å². The van der Waals surface area contributed by atoms with Gasteiger partial charge in [0.05, 0.1) is 20.1 Å². The van der Waals surface area contributed by atoms with Crippen molar-refractivity contribution in [3.63, 3.8) is 0 Å². The lowest BCUT2D eigenvalue weighted by molar-refractivity contribution is -0.935. The third-order valence-electron chi connectivity index (χ3n) is 4.61. The third-order valence-corrected chi connectivity index (χ3v) is 4.61. The van der Waals surface area contributed by atoms with E-state index in [-0.39, 0.29) is 30.0 Å². The fourth-order valence-corrected chi connectivity index (χ4v) is 3.29. The predicted octanol–water partition coefficient (Wildman–Crippen LogP) is -1.12. The van der Waals surface area contributed by atoms with Crippen LogP contribution in [-0.4, -0.2) is 43.1 Å². The number of fused-ring (bicyclic) bond motifs is 3. The Hall–Kier alpha value is -0.620. The van der Waals surface area contributed by atoms with Gasteiger partial charge in [0.2, 0.25) is 0 Å². The maximum atomic E-state index is 12.3. The minimum absolute atomic E-state index is 0. The number of carbonyl (C=O) groups excluding carboxylic acids is 1. The van der Waals surface area contributed by atoms with Gasteiger partial charge in [0.1, 0.15) is 12.4 Å². The lowest BCUT2D eigenvalue weighted by Crippen LogP contribution is -3.00. The van der Waals surface area contributed by atoms with Crippen molar-refractivity contribution in [1.29, 1.82) is 0 Å². The first kappa shape index (κ1) is 14.8. The molecule has 104 valence electrons. The molecule has 0 aliphatic carbocycles. The van der Waals surface area contributed by atoms with Gasteiger partial charge in [0.15, 0.2) is 11.8 Å². The number of nitrogens with zero attached hydrogens (tertiary/aromatic N) is 1. The molecule has 2 bridgehead atoms. The van der Waals surface area contributed by atoms with E-state index in [9.17, 15) is 4.79 Å². The third kappa shape index (κ3) is 2.79. The summed E-state index contributed by atoms with van der Waals surface area (Å²) in [5.74, 6) is 1.58. The normalized spacial score (nSPS) is 32.8. The van der Waals surface area contributed by atoms with Crippen LogP contribution in [0.5, 0.6) is 5.75 Å². The zero-order valence-electron chi connectivity index (χ0n) is 11.2. The molecule has 0 radical (unpaired) electrons. The molecule has 1 unspecified atom stereocenters. The van der Waals surface area contributed by atoms with Crippen LogP contribution in [0.3, 0.4) is 0 Å². The van der Waals surface area contributed by atoms with E-state index in [0.29, 0.717) is 18.3 Å². The maximum Gasteiger partial charge on any atom is 0.197 e. The average Bonchev–Trinajstić information content (AvgIpc) is 2.39. The summed E-state index contributed by atoms with van der Waals surface area (Å²) in [6.45, 7) is 2.77. The first-order valence-electron chi connectivity index (χ1n) is 6.75. The molecule has 0 saturated carbocycles. The topological polar surface area (TPSA) is 26.3 Å². The molecule has 1 atom stereocenters. The van der Waals surface area contributed by atoms with E-state index >= 15 is 0 Å². The molecule has 3 aliphatic heterocycles. The molecule has 1 aromatic carbocycles. The van der Waals surface area contributed by atoms with Crippen LogP contribution in [0.4, 0.5) is 0 Å². The molecule has 0 amide bonds. The van der Waals surface area contributed by atoms with Crippen LogP contribution in [0.2, 0.25) is 0 Å². The largest absolute Gasteiger partial charge is 1.00 e. The Morgan fingerprint density at radius 1 is 1.21 bits per heavy atom. The number of para-hydroxylation sites is 1. The van der Waals surface area contributed by atoms with Gasteiger partial charge in [-0.05, 0) is 12.1 Å². The number of carbonyl (C=O) groups is 1. The second-order valence-electron chi connectivity index (χ2n) is 5.74. The average molecular weight is 373 g/mol. The maximum absolute atomic E-state index is 12.3. The highest BCUT2D eigenvalue weighted by atomic mass is 127. The van der Waals surface area contributed by atoms with Crippen molar-refractivity contribution in [1.82, 2.24) is 0 Å². The summed E-state index contributed by atoms with van der Waals surface area (Å²) in [6.07, 6.45) is 2.13. The van der Waals surface area contributed by atoms with Gasteiger partial charge in [-0.3, -0.25) is 4.79 Å². The van der Waals surface area contributed by atoms with E-state index in [4.69, 9.17) is 4.74 Å². The summed E-state index contributed by atoms with van der Waals surface area (Å²) in [5, 5.41) is 0. The van der Waals surface area contributed by atoms with Gasteiger partial charge in [-0.15, -0.1) is 0 Å². The van der Waals surface area contributed by atoms with Gasteiger partial charge in [-0.25, -0.2) is 0 Å². The molecule has 3 saturated heterocycles. The molecule has 0 spiro atoms. The van der Waals surface area contributed by atoms with E-state index in [1.807, 2.05) is 30.3 Å². The van der Waals surface area contributed by atoms with Crippen LogP contribution < -0.4 is 28.7 Å². The molecular weight excluding hydrogens is 353 g/mol. The van der Waals surface area contributed by atoms with Crippen LogP contribution in [0, 0.1) is 5.92 Å². The summed E-state index contributed by atoms with van der Waals surface area (Å²) in [6, 6.07) is 9.82. The Kier molecular flexibility index (Phi) is 4.50. The standard InChI is InChI=1S/C15H20NO2.HI/c1-16-9-7-12(8-10-16)15(17)14(16)11-18-13-5-3-2-4-6-13;/h2-6,12,14H,7-11H2,1H3;1H/q+1;/p-1. The lowest BCUT2D eigenvalue weighted by Gasteiger charge is -2.50. The Morgan fingerprint density at radius 3 is 2.42 bits per heavy atom. The Labute approximate surface area is 131 Å². The Bertz CT molecular complexity index is 441. The molecule has 3 fully saturated rings. The molecule has 0 aromatic heterocycles. The highest BCUT2D eigenvalue weighted by Crippen LogP contribution is 2.34. The van der Waals surface area contributed by atoms with Crippen molar-refractivity contribution >= 4 is 5.78 Å². The number of rotatable bonds is 3. The van der Waals surface area contributed by atoms with Gasteiger partial charge in [-0.2, -0.15) is 0 Å². The summed E-state index contributed by atoms with van der Waals surface area (Å²) in [5.41, 5.74) is 0. The SMILES string of the molecule is C[N+]12CCC(CC1)C(=O)C2COc1ccccc1.[I-]. The number of benzene rings is 1. The molecule has 3 nitrogen and oxygen atoms in total. The van der Waals surface area contributed by atoms with E-state index < -0.39 is 0 Å². The monoisotopic (exact) mass is 373 g/mol. The first-order valence-corrected chi connectivity index (χ1v) is 6.75. The zero-order valence-corrected chi connectivity index (χ0v) is 13.4. The lowest BCUT2D eigenvalue weighted by atomic mass is 9.80. The summed E-state index contributed by atoms with van der Waals surface area (Å²) >= 11 is 0. The second-order valence-corrected chi connectivity index (χ2v) is 5.74. The molecule has 4 heteroatoms. The smallest absolute Gasteiger partial charge is 0.197 e. The molecule has 0 N–H and O–H groups in total. The fourth-order valence-electron chi connectivity index (χ4n) is 3.29. The van der Waals surface area contributed by atoms with Gasteiger partial charge in [0.25, 0.3) is 0 Å². The number of quaternary nitrogens is 1. The van der Waals surface area contributed by atoms with Crippen LogP contribution in [0.25, 0.3) is 0 Å². The van der Waals surface area contributed by atoms with Crippen molar-refractivity contribution in [2.45, 2.75) is 18.9 Å². The number of hydrogen-bond donors (Lipinski definition) is 0. The van der Waals surface area contributed by atoms with Crippen LogP contribution >= 0.6 is 0 Å². The fraction of sp³-hybridized carbons (Fsp3) is 0.533. The van der Waals surface area contributed by atoms with Gasteiger partial charge < -0.3 is 33.2 Å². The van der Waals surface area contributed by atoms with Crippen LogP contribution in [0.1, 0.15) is 12.8 Å². The highest BCUT2D eigenvalue weighted by Gasteiger charge is 2.51. The number of Topliss-reactive ketones (excluding diaryl/α,β-unsaturated/α-hetero) is 1. The molecule has 1 aromatic rings.